The van der Waals surface area contributed by atoms with Crippen LogP contribution in [0, 0.1) is 0 Å². The minimum atomic E-state index is -0.160. The highest BCUT2D eigenvalue weighted by atomic mass is 32.1. The summed E-state index contributed by atoms with van der Waals surface area (Å²) < 4.78 is 0. The number of carbonyl (C=O) groups excluding carboxylic acids is 2. The van der Waals surface area contributed by atoms with E-state index in [9.17, 15) is 9.59 Å². The molecular formula is C22H20N2O2S. The number of aryl methyl sites for hydroxylation is 1. The van der Waals surface area contributed by atoms with Crippen molar-refractivity contribution < 1.29 is 9.59 Å². The van der Waals surface area contributed by atoms with E-state index in [1.807, 2.05) is 35.5 Å². The van der Waals surface area contributed by atoms with Crippen molar-refractivity contribution in [2.45, 2.75) is 18.9 Å². The van der Waals surface area contributed by atoms with Gasteiger partial charge in [0.25, 0.3) is 11.8 Å². The van der Waals surface area contributed by atoms with Crippen LogP contribution < -0.4 is 5.32 Å². The summed E-state index contributed by atoms with van der Waals surface area (Å²) in [5, 5.41) is 4.73. The van der Waals surface area contributed by atoms with Crippen molar-refractivity contribution in [2.24, 2.45) is 0 Å². The van der Waals surface area contributed by atoms with E-state index in [0.717, 1.165) is 12.8 Å². The van der Waals surface area contributed by atoms with Crippen LogP contribution in [0.2, 0.25) is 0 Å². The molecule has 4 nitrogen and oxygen atoms in total. The van der Waals surface area contributed by atoms with Crippen LogP contribution in [0.3, 0.4) is 0 Å². The summed E-state index contributed by atoms with van der Waals surface area (Å²) >= 11 is 1.39. The number of hydrogen-bond acceptors (Lipinski definition) is 3. The van der Waals surface area contributed by atoms with E-state index < -0.39 is 0 Å². The zero-order chi connectivity index (χ0) is 18.8. The van der Waals surface area contributed by atoms with E-state index >= 15 is 0 Å². The Morgan fingerprint density at radius 1 is 1.07 bits per heavy atom. The number of nitrogens with zero attached hydrogens (tertiary/aromatic N) is 1. The molecule has 1 N–H and O–H groups in total. The Kier molecular flexibility index (Phi) is 4.77. The van der Waals surface area contributed by atoms with Crippen molar-refractivity contribution in [3.63, 3.8) is 0 Å². The molecule has 1 atom stereocenters. The third-order valence-electron chi connectivity index (χ3n) is 5.00. The number of fused-ring (bicyclic) bond motifs is 1. The second kappa shape index (κ2) is 7.37. The van der Waals surface area contributed by atoms with E-state index in [0.29, 0.717) is 16.1 Å². The summed E-state index contributed by atoms with van der Waals surface area (Å²) in [6, 6.07) is 19.2. The zero-order valence-electron chi connectivity index (χ0n) is 15.0. The maximum absolute atomic E-state index is 13.0. The van der Waals surface area contributed by atoms with E-state index in [4.69, 9.17) is 0 Å². The lowest BCUT2D eigenvalue weighted by Gasteiger charge is -2.25. The molecule has 3 aromatic rings. The van der Waals surface area contributed by atoms with E-state index in [1.165, 1.54) is 22.5 Å². The zero-order valence-corrected chi connectivity index (χ0v) is 15.8. The van der Waals surface area contributed by atoms with E-state index in [-0.39, 0.29) is 17.9 Å². The predicted molar refractivity (Wildman–Crippen MR) is 108 cm³/mol. The number of benzene rings is 2. The smallest absolute Gasteiger partial charge is 0.265 e. The quantitative estimate of drug-likeness (QED) is 0.714. The average Bonchev–Trinajstić information content (AvgIpc) is 3.37. The maximum Gasteiger partial charge on any atom is 0.265 e. The van der Waals surface area contributed by atoms with Gasteiger partial charge in [-0.05, 0) is 53.6 Å². The van der Waals surface area contributed by atoms with Crippen molar-refractivity contribution in [3.05, 3.63) is 87.6 Å². The summed E-state index contributed by atoms with van der Waals surface area (Å²) in [4.78, 5) is 27.7. The van der Waals surface area contributed by atoms with E-state index in [2.05, 4.69) is 17.4 Å². The standard InChI is InChI=1S/C22H20N2O2S/c1-24(19-12-11-15-6-2-3-9-18(15)19)22(26)16-7-4-8-17(14-16)23-21(25)20-10-5-13-27-20/h2-10,13-14,19H,11-12H2,1H3,(H,23,25). The lowest BCUT2D eigenvalue weighted by molar-refractivity contribution is 0.0730. The normalized spacial score (nSPS) is 15.2. The first kappa shape index (κ1) is 17.5. The second-order valence-electron chi connectivity index (χ2n) is 6.68. The molecule has 1 unspecified atom stereocenters. The van der Waals surface area contributed by atoms with Gasteiger partial charge in [0.15, 0.2) is 0 Å². The van der Waals surface area contributed by atoms with Crippen molar-refractivity contribution >= 4 is 28.8 Å². The molecule has 0 fully saturated rings. The van der Waals surface area contributed by atoms with Gasteiger partial charge in [0.1, 0.15) is 0 Å². The fourth-order valence-corrected chi connectivity index (χ4v) is 4.23. The molecule has 0 radical (unpaired) electrons. The molecule has 0 saturated heterocycles. The molecule has 2 aromatic carbocycles. The molecule has 0 aliphatic heterocycles. The van der Waals surface area contributed by atoms with Crippen LogP contribution in [0.5, 0.6) is 0 Å². The van der Waals surface area contributed by atoms with Crippen LogP contribution in [0.4, 0.5) is 5.69 Å². The summed E-state index contributed by atoms with van der Waals surface area (Å²) in [6.07, 6.45) is 1.94. The van der Waals surface area contributed by atoms with Crippen molar-refractivity contribution in [1.82, 2.24) is 4.90 Å². The molecule has 136 valence electrons. The predicted octanol–water partition coefficient (Wildman–Crippen LogP) is 4.76. The number of amides is 2. The molecular weight excluding hydrogens is 356 g/mol. The molecule has 0 bridgehead atoms. The van der Waals surface area contributed by atoms with Crippen LogP contribution in [0.15, 0.2) is 66.0 Å². The molecule has 27 heavy (non-hydrogen) atoms. The molecule has 1 heterocycles. The Balaban J connectivity index is 1.52. The Morgan fingerprint density at radius 3 is 2.74 bits per heavy atom. The SMILES string of the molecule is CN(C(=O)c1cccc(NC(=O)c2cccs2)c1)C1CCc2ccccc21. The topological polar surface area (TPSA) is 49.4 Å². The molecule has 0 saturated carbocycles. The van der Waals surface area contributed by atoms with Gasteiger partial charge in [0, 0.05) is 18.3 Å². The first-order chi connectivity index (χ1) is 13.1. The fourth-order valence-electron chi connectivity index (χ4n) is 3.61. The molecule has 0 spiro atoms. The van der Waals surface area contributed by atoms with Crippen molar-refractivity contribution in [1.29, 1.82) is 0 Å². The Bertz CT molecular complexity index is 981. The number of thiophene rings is 1. The van der Waals surface area contributed by atoms with Crippen LogP contribution in [0.25, 0.3) is 0 Å². The number of hydrogen-bond donors (Lipinski definition) is 1. The van der Waals surface area contributed by atoms with Gasteiger partial charge in [0.2, 0.25) is 0 Å². The minimum Gasteiger partial charge on any atom is -0.335 e. The van der Waals surface area contributed by atoms with Crippen LogP contribution in [-0.4, -0.2) is 23.8 Å². The second-order valence-corrected chi connectivity index (χ2v) is 7.63. The Hall–Kier alpha value is -2.92. The fraction of sp³-hybridized carbons (Fsp3) is 0.182. The lowest BCUT2D eigenvalue weighted by atomic mass is 10.1. The van der Waals surface area contributed by atoms with Gasteiger partial charge in [0.05, 0.1) is 10.9 Å². The minimum absolute atomic E-state index is 0.0380. The van der Waals surface area contributed by atoms with Crippen LogP contribution in [0.1, 0.15) is 43.6 Å². The highest BCUT2D eigenvalue weighted by Gasteiger charge is 2.28. The van der Waals surface area contributed by atoms with Gasteiger partial charge in [-0.3, -0.25) is 9.59 Å². The van der Waals surface area contributed by atoms with Gasteiger partial charge >= 0.3 is 0 Å². The maximum atomic E-state index is 13.0. The van der Waals surface area contributed by atoms with Crippen molar-refractivity contribution in [2.75, 3.05) is 12.4 Å². The third-order valence-corrected chi connectivity index (χ3v) is 5.87. The number of carbonyl (C=O) groups is 2. The highest BCUT2D eigenvalue weighted by Crippen LogP contribution is 2.35. The molecule has 1 aromatic heterocycles. The summed E-state index contributed by atoms with van der Waals surface area (Å²) in [6.45, 7) is 0. The average molecular weight is 376 g/mol. The number of nitrogens with one attached hydrogen (secondary N) is 1. The first-order valence-electron chi connectivity index (χ1n) is 8.93. The molecule has 1 aliphatic carbocycles. The monoisotopic (exact) mass is 376 g/mol. The molecule has 2 amide bonds. The van der Waals surface area contributed by atoms with Gasteiger partial charge in [-0.25, -0.2) is 0 Å². The van der Waals surface area contributed by atoms with Gasteiger partial charge < -0.3 is 10.2 Å². The Labute approximate surface area is 162 Å². The Morgan fingerprint density at radius 2 is 1.93 bits per heavy atom. The summed E-state index contributed by atoms with van der Waals surface area (Å²) in [5.41, 5.74) is 3.75. The van der Waals surface area contributed by atoms with Crippen LogP contribution >= 0.6 is 11.3 Å². The highest BCUT2D eigenvalue weighted by molar-refractivity contribution is 7.12. The van der Waals surface area contributed by atoms with Gasteiger partial charge in [-0.15, -0.1) is 11.3 Å². The van der Waals surface area contributed by atoms with Gasteiger partial charge in [-0.2, -0.15) is 0 Å². The first-order valence-corrected chi connectivity index (χ1v) is 9.81. The lowest BCUT2D eigenvalue weighted by Crippen LogP contribution is -2.30. The molecule has 5 heteroatoms. The molecule has 1 aliphatic rings. The largest absolute Gasteiger partial charge is 0.335 e. The van der Waals surface area contributed by atoms with Gasteiger partial charge in [-0.1, -0.05) is 36.4 Å². The summed E-state index contributed by atoms with van der Waals surface area (Å²) in [5.74, 6) is -0.198. The third kappa shape index (κ3) is 3.51. The summed E-state index contributed by atoms with van der Waals surface area (Å²) in [7, 11) is 1.85. The van der Waals surface area contributed by atoms with E-state index in [1.54, 1.807) is 30.3 Å². The molecule has 4 rings (SSSR count). The number of rotatable bonds is 4. The van der Waals surface area contributed by atoms with Crippen LogP contribution in [-0.2, 0) is 6.42 Å². The van der Waals surface area contributed by atoms with Crippen molar-refractivity contribution in [3.8, 4) is 0 Å². The number of anilines is 1.